The van der Waals surface area contributed by atoms with E-state index >= 15 is 0 Å². The molecule has 0 spiro atoms. The number of carbonyl (C=O) groups excluding carboxylic acids is 3. The van der Waals surface area contributed by atoms with Crippen LogP contribution in [0.15, 0.2) is 30.3 Å². The van der Waals surface area contributed by atoms with Crippen molar-refractivity contribution in [3.05, 3.63) is 47.3 Å². The first-order chi connectivity index (χ1) is 14.5. The van der Waals surface area contributed by atoms with Crippen molar-refractivity contribution in [3.8, 4) is 5.69 Å². The van der Waals surface area contributed by atoms with E-state index in [0.29, 0.717) is 49.7 Å². The Hall–Kier alpha value is -3.00. The third-order valence-electron chi connectivity index (χ3n) is 5.80. The van der Waals surface area contributed by atoms with Gasteiger partial charge in [0.25, 0.3) is 17.6 Å². The Morgan fingerprint density at radius 2 is 1.67 bits per heavy atom. The van der Waals surface area contributed by atoms with Crippen molar-refractivity contribution in [3.63, 3.8) is 0 Å². The van der Waals surface area contributed by atoms with Crippen molar-refractivity contribution >= 4 is 17.6 Å². The van der Waals surface area contributed by atoms with Gasteiger partial charge in [0, 0.05) is 32.8 Å². The van der Waals surface area contributed by atoms with Gasteiger partial charge in [0.2, 0.25) is 0 Å². The fourth-order valence-corrected chi connectivity index (χ4v) is 4.15. The molecule has 2 saturated heterocycles. The molecule has 2 fully saturated rings. The van der Waals surface area contributed by atoms with Crippen molar-refractivity contribution in [2.24, 2.45) is 0 Å². The van der Waals surface area contributed by atoms with Gasteiger partial charge in [0.1, 0.15) is 6.10 Å². The number of piperazine rings is 1. The fraction of sp³-hybridized carbons (Fsp3) is 0.455. The molecule has 2 amide bonds. The Balaban J connectivity index is 1.44. The Morgan fingerprint density at radius 3 is 2.30 bits per heavy atom. The summed E-state index contributed by atoms with van der Waals surface area (Å²) in [5, 5.41) is 4.47. The highest BCUT2D eigenvalue weighted by molar-refractivity contribution is 6.43. The highest BCUT2D eigenvalue weighted by atomic mass is 16.5. The molecule has 2 aliphatic heterocycles. The molecule has 4 rings (SSSR count). The first-order valence-electron chi connectivity index (χ1n) is 10.3. The molecular weight excluding hydrogens is 384 g/mol. The van der Waals surface area contributed by atoms with Crippen LogP contribution in [-0.2, 0) is 14.3 Å². The molecule has 0 aliphatic carbocycles. The topological polar surface area (TPSA) is 84.7 Å². The molecule has 0 N–H and O–H groups in total. The smallest absolute Gasteiger partial charge is 0.295 e. The molecule has 0 saturated carbocycles. The summed E-state index contributed by atoms with van der Waals surface area (Å²) in [6.45, 7) is 5.68. The lowest BCUT2D eigenvalue weighted by atomic mass is 10.1. The highest BCUT2D eigenvalue weighted by Gasteiger charge is 2.34. The molecule has 0 radical (unpaired) electrons. The fourth-order valence-electron chi connectivity index (χ4n) is 4.15. The minimum atomic E-state index is -0.550. The molecule has 1 unspecified atom stereocenters. The number of benzene rings is 1. The SMILES string of the molecule is Cc1nn(-c2ccccc2)c(C)c1C(=O)C(=O)N1CCN(C(=O)C2CCCO2)CC1. The number of hydrogen-bond donors (Lipinski definition) is 0. The first-order valence-corrected chi connectivity index (χ1v) is 10.3. The zero-order chi connectivity index (χ0) is 21.3. The van der Waals surface area contributed by atoms with E-state index in [1.807, 2.05) is 30.3 Å². The molecule has 8 nitrogen and oxygen atoms in total. The zero-order valence-electron chi connectivity index (χ0n) is 17.3. The largest absolute Gasteiger partial charge is 0.368 e. The van der Waals surface area contributed by atoms with Crippen LogP contribution in [0, 0.1) is 13.8 Å². The molecule has 8 heteroatoms. The van der Waals surface area contributed by atoms with Crippen LogP contribution in [0.25, 0.3) is 5.69 Å². The van der Waals surface area contributed by atoms with E-state index in [9.17, 15) is 14.4 Å². The minimum absolute atomic E-state index is 0.0123. The molecular formula is C22H26N4O4. The maximum atomic E-state index is 13.0. The second-order valence-electron chi connectivity index (χ2n) is 7.74. The Kier molecular flexibility index (Phi) is 5.67. The molecule has 2 aromatic rings. The van der Waals surface area contributed by atoms with Gasteiger partial charge < -0.3 is 14.5 Å². The van der Waals surface area contributed by atoms with Crippen molar-refractivity contribution in [2.45, 2.75) is 32.8 Å². The Morgan fingerprint density at radius 1 is 1.00 bits per heavy atom. The van der Waals surface area contributed by atoms with E-state index in [-0.39, 0.29) is 12.0 Å². The van der Waals surface area contributed by atoms with Gasteiger partial charge in [0.15, 0.2) is 0 Å². The summed E-state index contributed by atoms with van der Waals surface area (Å²) in [6, 6.07) is 9.51. The number of rotatable bonds is 4. The van der Waals surface area contributed by atoms with E-state index in [2.05, 4.69) is 5.10 Å². The van der Waals surface area contributed by atoms with Gasteiger partial charge in [-0.15, -0.1) is 0 Å². The third-order valence-corrected chi connectivity index (χ3v) is 5.80. The number of carbonyl (C=O) groups is 3. The average Bonchev–Trinajstić information content (AvgIpc) is 3.41. The minimum Gasteiger partial charge on any atom is -0.368 e. The van der Waals surface area contributed by atoms with Gasteiger partial charge in [-0.25, -0.2) is 4.68 Å². The van der Waals surface area contributed by atoms with E-state index in [4.69, 9.17) is 4.74 Å². The number of nitrogens with zero attached hydrogens (tertiary/aromatic N) is 4. The third kappa shape index (κ3) is 3.75. The van der Waals surface area contributed by atoms with Crippen molar-refractivity contribution in [1.29, 1.82) is 0 Å². The van der Waals surface area contributed by atoms with E-state index in [0.717, 1.165) is 18.5 Å². The van der Waals surface area contributed by atoms with Crippen LogP contribution in [0.2, 0.25) is 0 Å². The van der Waals surface area contributed by atoms with Gasteiger partial charge in [-0.1, -0.05) is 18.2 Å². The van der Waals surface area contributed by atoms with Crippen LogP contribution in [0.5, 0.6) is 0 Å². The maximum absolute atomic E-state index is 13.0. The van der Waals surface area contributed by atoms with Crippen LogP contribution >= 0.6 is 0 Å². The van der Waals surface area contributed by atoms with Crippen molar-refractivity contribution in [1.82, 2.24) is 19.6 Å². The molecule has 2 aliphatic rings. The molecule has 30 heavy (non-hydrogen) atoms. The van der Waals surface area contributed by atoms with Gasteiger partial charge in [-0.2, -0.15) is 5.10 Å². The molecule has 3 heterocycles. The number of para-hydroxylation sites is 1. The number of ether oxygens (including phenoxy) is 1. The van der Waals surface area contributed by atoms with Crippen molar-refractivity contribution in [2.75, 3.05) is 32.8 Å². The number of amides is 2. The van der Waals surface area contributed by atoms with Crippen LogP contribution < -0.4 is 0 Å². The Bertz CT molecular complexity index is 955. The lowest BCUT2D eigenvalue weighted by Crippen LogP contribution is -2.54. The average molecular weight is 410 g/mol. The quantitative estimate of drug-likeness (QED) is 0.564. The predicted molar refractivity (Wildman–Crippen MR) is 110 cm³/mol. The summed E-state index contributed by atoms with van der Waals surface area (Å²) in [5.41, 5.74) is 2.36. The first kappa shape index (κ1) is 20.3. The van der Waals surface area contributed by atoms with E-state index in [1.54, 1.807) is 23.4 Å². The molecule has 158 valence electrons. The highest BCUT2D eigenvalue weighted by Crippen LogP contribution is 2.20. The molecule has 1 aromatic heterocycles. The summed E-state index contributed by atoms with van der Waals surface area (Å²) in [4.78, 5) is 41.6. The van der Waals surface area contributed by atoms with Crippen LogP contribution in [0.3, 0.4) is 0 Å². The monoisotopic (exact) mass is 410 g/mol. The normalized spacial score (nSPS) is 19.2. The van der Waals surface area contributed by atoms with Gasteiger partial charge in [-0.05, 0) is 38.8 Å². The van der Waals surface area contributed by atoms with Crippen LogP contribution in [-0.4, -0.2) is 76.1 Å². The predicted octanol–water partition coefficient (Wildman–Crippen LogP) is 1.52. The van der Waals surface area contributed by atoms with Gasteiger partial charge >= 0.3 is 0 Å². The van der Waals surface area contributed by atoms with Gasteiger partial charge in [0.05, 0.1) is 22.6 Å². The number of aryl methyl sites for hydroxylation is 1. The second-order valence-corrected chi connectivity index (χ2v) is 7.74. The van der Waals surface area contributed by atoms with Crippen LogP contribution in [0.4, 0.5) is 0 Å². The summed E-state index contributed by atoms with van der Waals surface area (Å²) in [6.07, 6.45) is 1.29. The van der Waals surface area contributed by atoms with Gasteiger partial charge in [-0.3, -0.25) is 14.4 Å². The summed E-state index contributed by atoms with van der Waals surface area (Å²) >= 11 is 0. The number of ketones is 1. The molecule has 1 aromatic carbocycles. The molecule has 1 atom stereocenters. The lowest BCUT2D eigenvalue weighted by molar-refractivity contribution is -0.144. The number of aromatic nitrogens is 2. The summed E-state index contributed by atoms with van der Waals surface area (Å²) in [5.74, 6) is -1.11. The number of Topliss-reactive ketones (excluding diaryl/α,β-unsaturated/α-hetero) is 1. The summed E-state index contributed by atoms with van der Waals surface area (Å²) in [7, 11) is 0. The second kappa shape index (κ2) is 8.39. The lowest BCUT2D eigenvalue weighted by Gasteiger charge is -2.35. The Labute approximate surface area is 175 Å². The standard InChI is InChI=1S/C22H26N4O4/c1-15-19(16(2)26(23-15)17-7-4-3-5-8-17)20(27)22(29)25-12-10-24(11-13-25)21(28)18-9-6-14-30-18/h3-5,7-8,18H,6,9-14H2,1-2H3. The van der Waals surface area contributed by atoms with Crippen LogP contribution in [0.1, 0.15) is 34.6 Å². The summed E-state index contributed by atoms with van der Waals surface area (Å²) < 4.78 is 7.16. The molecule has 0 bridgehead atoms. The van der Waals surface area contributed by atoms with Crippen molar-refractivity contribution < 1.29 is 19.1 Å². The zero-order valence-corrected chi connectivity index (χ0v) is 17.3. The van der Waals surface area contributed by atoms with E-state index in [1.165, 1.54) is 4.90 Å². The van der Waals surface area contributed by atoms with E-state index < -0.39 is 11.7 Å². The number of hydrogen-bond acceptors (Lipinski definition) is 5. The maximum Gasteiger partial charge on any atom is 0.295 e.